The molecule has 2 aromatic rings. The number of amides is 1. The van der Waals surface area contributed by atoms with Gasteiger partial charge in [-0.05, 0) is 30.9 Å². The summed E-state index contributed by atoms with van der Waals surface area (Å²) in [5.74, 6) is -0.0973. The van der Waals surface area contributed by atoms with Crippen LogP contribution in [-0.4, -0.2) is 24.1 Å². The topological polar surface area (TPSA) is 64.6 Å². The maximum atomic E-state index is 13.9. The third kappa shape index (κ3) is 4.98. The van der Waals surface area contributed by atoms with Crippen molar-refractivity contribution in [3.63, 3.8) is 0 Å². The van der Waals surface area contributed by atoms with Crippen molar-refractivity contribution in [1.29, 1.82) is 0 Å². The first-order chi connectivity index (χ1) is 14.0. The Morgan fingerprint density at radius 1 is 1.17 bits per heavy atom. The minimum atomic E-state index is -3.18. The third-order valence-corrected chi connectivity index (χ3v) is 8.61. The van der Waals surface area contributed by atoms with Gasteiger partial charge in [-0.25, -0.2) is 4.79 Å². The molecule has 29 heavy (non-hydrogen) atoms. The molecular formula is C23H28NO4P. The van der Waals surface area contributed by atoms with Crippen LogP contribution in [0.5, 0.6) is 0 Å². The number of benzene rings is 2. The van der Waals surface area contributed by atoms with Crippen LogP contribution in [0.1, 0.15) is 24.5 Å². The van der Waals surface area contributed by atoms with E-state index in [2.05, 4.69) is 11.9 Å². The molecule has 0 radical (unpaired) electrons. The smallest absolute Gasteiger partial charge is 0.408 e. The van der Waals surface area contributed by atoms with E-state index in [1.165, 1.54) is 0 Å². The maximum absolute atomic E-state index is 13.9. The number of nitrogens with one attached hydrogen (secondary N) is 1. The summed E-state index contributed by atoms with van der Waals surface area (Å²) in [6, 6.07) is 19.3. The van der Waals surface area contributed by atoms with E-state index >= 15 is 0 Å². The summed E-state index contributed by atoms with van der Waals surface area (Å²) in [6.45, 7) is 6.14. The van der Waals surface area contributed by atoms with Crippen molar-refractivity contribution in [2.45, 2.75) is 31.7 Å². The second-order valence-electron chi connectivity index (χ2n) is 7.21. The van der Waals surface area contributed by atoms with E-state index in [0.717, 1.165) is 11.1 Å². The maximum Gasteiger partial charge on any atom is 0.408 e. The number of carbonyl (C=O) groups is 1. The lowest BCUT2D eigenvalue weighted by atomic mass is 10.2. The van der Waals surface area contributed by atoms with Gasteiger partial charge in [-0.1, -0.05) is 66.7 Å². The lowest BCUT2D eigenvalue weighted by Crippen LogP contribution is -2.40. The SMILES string of the molecule is C=C[C@@H]1C[C@]1(NC(=O)OCc1ccccc1)[P@](=O)(CCc1ccccc1)OCC. The number of rotatable bonds is 10. The molecule has 5 nitrogen and oxygen atoms in total. The summed E-state index contributed by atoms with van der Waals surface area (Å²) in [5, 5.41) is 1.94. The van der Waals surface area contributed by atoms with Gasteiger partial charge in [-0.2, -0.15) is 0 Å². The monoisotopic (exact) mass is 413 g/mol. The summed E-state index contributed by atoms with van der Waals surface area (Å²) in [7, 11) is -3.18. The molecule has 0 saturated heterocycles. The van der Waals surface area contributed by atoms with E-state index in [0.29, 0.717) is 25.6 Å². The van der Waals surface area contributed by atoms with E-state index in [9.17, 15) is 9.36 Å². The highest BCUT2D eigenvalue weighted by Crippen LogP contribution is 2.72. The Morgan fingerprint density at radius 2 is 1.79 bits per heavy atom. The minimum absolute atomic E-state index is 0.0973. The van der Waals surface area contributed by atoms with Gasteiger partial charge in [-0.15, -0.1) is 6.58 Å². The molecular weight excluding hydrogens is 385 g/mol. The molecule has 3 rings (SSSR count). The zero-order valence-corrected chi connectivity index (χ0v) is 17.6. The Hall–Kier alpha value is -2.36. The molecule has 0 unspecified atom stereocenters. The van der Waals surface area contributed by atoms with E-state index in [1.807, 2.05) is 67.6 Å². The van der Waals surface area contributed by atoms with E-state index in [-0.39, 0.29) is 12.5 Å². The molecule has 3 atom stereocenters. The zero-order valence-electron chi connectivity index (χ0n) is 16.8. The Morgan fingerprint density at radius 3 is 2.34 bits per heavy atom. The predicted octanol–water partition coefficient (Wildman–Crippen LogP) is 5.37. The Bertz CT molecular complexity index is 871. The van der Waals surface area contributed by atoms with Crippen LogP contribution < -0.4 is 5.32 Å². The summed E-state index contributed by atoms with van der Waals surface area (Å²) in [5.41, 5.74) is 1.98. The number of carbonyl (C=O) groups excluding carboxylic acids is 1. The first kappa shape index (κ1) is 21.4. The third-order valence-electron chi connectivity index (χ3n) is 5.28. The van der Waals surface area contributed by atoms with E-state index < -0.39 is 18.7 Å². The fourth-order valence-corrected chi connectivity index (χ4v) is 6.70. The van der Waals surface area contributed by atoms with Crippen LogP contribution in [0.15, 0.2) is 73.3 Å². The van der Waals surface area contributed by atoms with Crippen molar-refractivity contribution in [3.8, 4) is 0 Å². The van der Waals surface area contributed by atoms with Crippen LogP contribution in [0.25, 0.3) is 0 Å². The van der Waals surface area contributed by atoms with Gasteiger partial charge in [0.2, 0.25) is 7.37 Å². The van der Waals surface area contributed by atoms with Gasteiger partial charge in [0.15, 0.2) is 0 Å². The van der Waals surface area contributed by atoms with Gasteiger partial charge in [0.05, 0.1) is 6.61 Å². The highest BCUT2D eigenvalue weighted by molar-refractivity contribution is 7.61. The summed E-state index contributed by atoms with van der Waals surface area (Å²) in [6.07, 6.45) is 2.67. The molecule has 6 heteroatoms. The fourth-order valence-electron chi connectivity index (χ4n) is 3.62. The molecule has 1 fully saturated rings. The van der Waals surface area contributed by atoms with Gasteiger partial charge >= 0.3 is 6.09 Å². The van der Waals surface area contributed by atoms with Crippen molar-refractivity contribution in [2.75, 3.05) is 12.8 Å². The number of hydrogen-bond donors (Lipinski definition) is 1. The first-order valence-electron chi connectivity index (χ1n) is 9.92. The highest BCUT2D eigenvalue weighted by atomic mass is 31.2. The zero-order chi connectivity index (χ0) is 20.7. The van der Waals surface area contributed by atoms with Crippen molar-refractivity contribution in [1.82, 2.24) is 5.32 Å². The lowest BCUT2D eigenvalue weighted by molar-refractivity contribution is 0.136. The molecule has 1 saturated carbocycles. The van der Waals surface area contributed by atoms with Crippen LogP contribution >= 0.6 is 7.37 Å². The van der Waals surface area contributed by atoms with E-state index in [4.69, 9.17) is 9.26 Å². The molecule has 2 aromatic carbocycles. The molecule has 154 valence electrons. The number of ether oxygens (including phenoxy) is 1. The molecule has 1 amide bonds. The molecule has 1 aliphatic rings. The number of hydrogen-bond acceptors (Lipinski definition) is 4. The predicted molar refractivity (Wildman–Crippen MR) is 115 cm³/mol. The first-order valence-corrected chi connectivity index (χ1v) is 11.7. The van der Waals surface area contributed by atoms with Crippen molar-refractivity contribution in [3.05, 3.63) is 84.4 Å². The fraction of sp³-hybridized carbons (Fsp3) is 0.348. The molecule has 0 spiro atoms. The molecule has 1 N–H and O–H groups in total. The average Bonchev–Trinajstić information content (AvgIpc) is 3.47. The number of aryl methyl sites for hydroxylation is 1. The second kappa shape index (κ2) is 9.43. The van der Waals surface area contributed by atoms with Crippen molar-refractivity contribution >= 4 is 13.5 Å². The molecule has 1 aliphatic carbocycles. The van der Waals surface area contributed by atoms with Crippen molar-refractivity contribution < 1.29 is 18.6 Å². The van der Waals surface area contributed by atoms with Crippen LogP contribution in [0.3, 0.4) is 0 Å². The summed E-state index contributed by atoms with van der Waals surface area (Å²) >= 11 is 0. The van der Waals surface area contributed by atoms with Crippen LogP contribution in [0, 0.1) is 5.92 Å². The molecule has 0 aliphatic heterocycles. The van der Waals surface area contributed by atoms with Crippen LogP contribution in [0.2, 0.25) is 0 Å². The van der Waals surface area contributed by atoms with Crippen LogP contribution in [-0.2, 0) is 26.9 Å². The van der Waals surface area contributed by atoms with Gasteiger partial charge < -0.3 is 14.6 Å². The van der Waals surface area contributed by atoms with Gasteiger partial charge in [0.1, 0.15) is 11.9 Å². The normalized spacial score (nSPS) is 22.3. The lowest BCUT2D eigenvalue weighted by Gasteiger charge is -2.29. The molecule has 0 heterocycles. The minimum Gasteiger partial charge on any atom is -0.445 e. The van der Waals surface area contributed by atoms with E-state index in [1.54, 1.807) is 6.08 Å². The molecule has 0 aromatic heterocycles. The van der Waals surface area contributed by atoms with Crippen LogP contribution in [0.4, 0.5) is 4.79 Å². The second-order valence-corrected chi connectivity index (χ2v) is 10.1. The molecule has 0 bridgehead atoms. The largest absolute Gasteiger partial charge is 0.445 e. The Labute approximate surface area is 172 Å². The van der Waals surface area contributed by atoms with Gasteiger partial charge in [-0.3, -0.25) is 4.57 Å². The highest BCUT2D eigenvalue weighted by Gasteiger charge is 2.66. The quantitative estimate of drug-likeness (QED) is 0.420. The Kier molecular flexibility index (Phi) is 6.94. The average molecular weight is 413 g/mol. The Balaban J connectivity index is 1.71. The standard InChI is InChI=1S/C23H28NO4P/c1-3-21-17-23(21,24-22(25)27-18-20-13-9-6-10-14-20)29(26,28-4-2)16-15-19-11-7-5-8-12-19/h3,5-14,21H,1,4,15-18H2,2H3,(H,24,25)/t21-,23+,29+/m1/s1. The van der Waals surface area contributed by atoms with Crippen molar-refractivity contribution in [2.24, 2.45) is 5.92 Å². The number of alkyl carbamates (subject to hydrolysis) is 1. The summed E-state index contributed by atoms with van der Waals surface area (Å²) < 4.78 is 25.1. The van der Waals surface area contributed by atoms with Gasteiger partial charge in [0, 0.05) is 12.1 Å². The van der Waals surface area contributed by atoms with Gasteiger partial charge in [0.25, 0.3) is 0 Å². The summed E-state index contributed by atoms with van der Waals surface area (Å²) in [4.78, 5) is 12.5.